The van der Waals surface area contributed by atoms with Crippen LogP contribution in [0.2, 0.25) is 0 Å². The monoisotopic (exact) mass is 611 g/mol. The molecule has 2 fully saturated rings. The minimum absolute atomic E-state index is 0.0597. The number of hydrogen-bond acceptors (Lipinski definition) is 9. The normalized spacial score (nSPS) is 20.2. The zero-order valence-corrected chi connectivity index (χ0v) is 25.6. The Labute approximate surface area is 262 Å². The van der Waals surface area contributed by atoms with Gasteiger partial charge in [-0.3, -0.25) is 4.79 Å². The van der Waals surface area contributed by atoms with Crippen LogP contribution in [0.25, 0.3) is 16.8 Å². The molecule has 11 heteroatoms. The molecule has 0 spiro atoms. The van der Waals surface area contributed by atoms with Crippen LogP contribution < -0.4 is 14.5 Å². The summed E-state index contributed by atoms with van der Waals surface area (Å²) in [5.41, 5.74) is 3.68. The van der Waals surface area contributed by atoms with E-state index >= 15 is 0 Å². The first-order valence-electron chi connectivity index (χ1n) is 15.4. The molecule has 3 aromatic rings. The van der Waals surface area contributed by atoms with Crippen molar-refractivity contribution in [3.63, 3.8) is 0 Å². The quantitative estimate of drug-likeness (QED) is 0.370. The SMILES string of the molecule is C=Cc1cccc2cc(O)cc(N3CCc4c(nc(OC[C@@H]5CCCN5C)nc4N4CCN(C(=O)C(=C)F)[C@@H](CC#N)C4)C3)c12. The smallest absolute Gasteiger partial charge is 0.318 e. The van der Waals surface area contributed by atoms with E-state index in [1.165, 1.54) is 4.90 Å². The molecule has 3 aliphatic rings. The van der Waals surface area contributed by atoms with Gasteiger partial charge in [-0.1, -0.05) is 37.4 Å². The number of carbonyl (C=O) groups excluding carboxylic acids is 1. The largest absolute Gasteiger partial charge is 0.508 e. The summed E-state index contributed by atoms with van der Waals surface area (Å²) in [7, 11) is 2.09. The zero-order valence-electron chi connectivity index (χ0n) is 25.6. The summed E-state index contributed by atoms with van der Waals surface area (Å²) in [6.45, 7) is 10.8. The molecule has 6 rings (SSSR count). The minimum Gasteiger partial charge on any atom is -0.508 e. The van der Waals surface area contributed by atoms with Crippen LogP contribution in [0.5, 0.6) is 11.8 Å². The molecule has 10 nitrogen and oxygen atoms in total. The fourth-order valence-electron chi connectivity index (χ4n) is 6.87. The molecule has 0 bridgehead atoms. The minimum atomic E-state index is -1.03. The molecule has 1 aromatic heterocycles. The molecule has 2 atom stereocenters. The number of rotatable bonds is 8. The molecular weight excluding hydrogens is 573 g/mol. The maximum absolute atomic E-state index is 13.8. The van der Waals surface area contributed by atoms with Crippen molar-refractivity contribution in [1.29, 1.82) is 5.26 Å². The number of benzene rings is 2. The maximum atomic E-state index is 13.8. The van der Waals surface area contributed by atoms with Gasteiger partial charge in [-0.05, 0) is 49.9 Å². The summed E-state index contributed by atoms with van der Waals surface area (Å²) < 4.78 is 20.1. The number of ether oxygens (including phenoxy) is 1. The summed E-state index contributed by atoms with van der Waals surface area (Å²) in [5, 5.41) is 22.1. The third-order valence-electron chi connectivity index (χ3n) is 9.23. The molecule has 0 unspecified atom stereocenters. The molecule has 45 heavy (non-hydrogen) atoms. The van der Waals surface area contributed by atoms with Gasteiger partial charge in [0.05, 0.1) is 30.8 Å². The van der Waals surface area contributed by atoms with Gasteiger partial charge in [0, 0.05) is 54.9 Å². The number of phenols is 1. The topological polar surface area (TPSA) is 109 Å². The number of piperazine rings is 1. The zero-order chi connectivity index (χ0) is 31.7. The van der Waals surface area contributed by atoms with Crippen LogP contribution in [0.3, 0.4) is 0 Å². The van der Waals surface area contributed by atoms with E-state index in [0.29, 0.717) is 39.2 Å². The second-order valence-corrected chi connectivity index (χ2v) is 12.0. The summed E-state index contributed by atoms with van der Waals surface area (Å²) >= 11 is 0. The van der Waals surface area contributed by atoms with E-state index in [4.69, 9.17) is 14.7 Å². The number of anilines is 2. The highest BCUT2D eigenvalue weighted by Crippen LogP contribution is 2.38. The Balaban J connectivity index is 1.36. The van der Waals surface area contributed by atoms with Crippen molar-refractivity contribution in [3.8, 4) is 17.8 Å². The van der Waals surface area contributed by atoms with Crippen LogP contribution in [0.1, 0.15) is 36.1 Å². The van der Waals surface area contributed by atoms with Gasteiger partial charge >= 0.3 is 6.01 Å². The number of amides is 1. The summed E-state index contributed by atoms with van der Waals surface area (Å²) in [6.07, 6.45) is 4.68. The van der Waals surface area contributed by atoms with Crippen LogP contribution >= 0.6 is 0 Å². The highest BCUT2D eigenvalue weighted by molar-refractivity contribution is 6.01. The summed E-state index contributed by atoms with van der Waals surface area (Å²) in [4.78, 5) is 30.3. The van der Waals surface area contributed by atoms with E-state index in [0.717, 1.165) is 58.5 Å². The third kappa shape index (κ3) is 6.02. The first kappa shape index (κ1) is 30.3. The number of fused-ring (bicyclic) bond motifs is 2. The first-order valence-corrected chi connectivity index (χ1v) is 15.4. The Morgan fingerprint density at radius 2 is 2.04 bits per heavy atom. The number of aromatic hydroxyl groups is 1. The van der Waals surface area contributed by atoms with E-state index in [9.17, 15) is 19.6 Å². The van der Waals surface area contributed by atoms with Crippen LogP contribution in [0.4, 0.5) is 15.9 Å². The van der Waals surface area contributed by atoms with Gasteiger partial charge in [0.1, 0.15) is 18.2 Å². The average Bonchev–Trinajstić information content (AvgIpc) is 3.46. The number of likely N-dealkylation sites (N-methyl/N-ethyl adjacent to an activating group) is 1. The van der Waals surface area contributed by atoms with E-state index in [-0.39, 0.29) is 30.8 Å². The molecule has 1 amide bonds. The fourth-order valence-corrected chi connectivity index (χ4v) is 6.87. The van der Waals surface area contributed by atoms with Crippen molar-refractivity contribution < 1.29 is 19.0 Å². The maximum Gasteiger partial charge on any atom is 0.318 e. The number of halogens is 1. The number of carbonyl (C=O) groups is 1. The van der Waals surface area contributed by atoms with E-state index in [2.05, 4.69) is 41.0 Å². The number of phenolic OH excluding ortho intramolecular Hbond substituents is 1. The van der Waals surface area contributed by atoms with Crippen molar-refractivity contribution in [2.24, 2.45) is 0 Å². The lowest BCUT2D eigenvalue weighted by Crippen LogP contribution is -2.55. The van der Waals surface area contributed by atoms with Gasteiger partial charge in [-0.25, -0.2) is 4.39 Å². The average molecular weight is 612 g/mol. The Morgan fingerprint density at radius 1 is 1.20 bits per heavy atom. The molecule has 2 saturated heterocycles. The third-order valence-corrected chi connectivity index (χ3v) is 9.23. The van der Waals surface area contributed by atoms with Gasteiger partial charge in [0.15, 0.2) is 5.83 Å². The van der Waals surface area contributed by atoms with E-state index in [1.807, 2.05) is 24.3 Å². The van der Waals surface area contributed by atoms with Crippen molar-refractivity contribution >= 4 is 34.3 Å². The lowest BCUT2D eigenvalue weighted by Gasteiger charge is -2.42. The van der Waals surface area contributed by atoms with Gasteiger partial charge in [-0.2, -0.15) is 15.2 Å². The fraction of sp³-hybridized carbons (Fsp3) is 0.412. The lowest BCUT2D eigenvalue weighted by molar-refractivity contribution is -0.131. The van der Waals surface area contributed by atoms with Crippen LogP contribution in [0.15, 0.2) is 49.3 Å². The molecule has 4 heterocycles. The predicted octanol–water partition coefficient (Wildman–Crippen LogP) is 4.43. The number of aromatic nitrogens is 2. The first-order chi connectivity index (χ1) is 21.8. The van der Waals surface area contributed by atoms with Gasteiger partial charge < -0.3 is 29.4 Å². The second kappa shape index (κ2) is 12.7. The molecule has 2 aromatic carbocycles. The highest BCUT2D eigenvalue weighted by atomic mass is 19.1. The van der Waals surface area contributed by atoms with Gasteiger partial charge in [0.25, 0.3) is 5.91 Å². The predicted molar refractivity (Wildman–Crippen MR) is 172 cm³/mol. The highest BCUT2D eigenvalue weighted by Gasteiger charge is 2.35. The van der Waals surface area contributed by atoms with E-state index in [1.54, 1.807) is 12.1 Å². The van der Waals surface area contributed by atoms with Crippen LogP contribution in [-0.4, -0.2) is 89.2 Å². The van der Waals surface area contributed by atoms with Crippen molar-refractivity contribution in [2.45, 2.75) is 44.3 Å². The Morgan fingerprint density at radius 3 is 2.78 bits per heavy atom. The van der Waals surface area contributed by atoms with Crippen molar-refractivity contribution in [3.05, 3.63) is 66.1 Å². The van der Waals surface area contributed by atoms with Crippen LogP contribution in [0, 0.1) is 11.3 Å². The molecule has 0 aliphatic carbocycles. The molecule has 1 N–H and O–H groups in total. The number of likely N-dealkylation sites (tertiary alicyclic amines) is 1. The molecule has 0 saturated carbocycles. The summed E-state index contributed by atoms with van der Waals surface area (Å²) in [6, 6.07) is 11.7. The number of nitriles is 1. The number of hydrogen-bond donors (Lipinski definition) is 1. The summed E-state index contributed by atoms with van der Waals surface area (Å²) in [5.74, 6) is -0.907. The molecular formula is C34H38FN7O3. The van der Waals surface area contributed by atoms with E-state index < -0.39 is 17.8 Å². The van der Waals surface area contributed by atoms with Gasteiger partial charge in [0.2, 0.25) is 0 Å². The van der Waals surface area contributed by atoms with Crippen molar-refractivity contribution in [2.75, 3.05) is 56.2 Å². The molecule has 0 radical (unpaired) electrons. The Bertz CT molecular complexity index is 1690. The Hall–Kier alpha value is -4.69. The standard InChI is InChI=1S/C34H38FN7O3/c1-4-23-7-5-8-24-17-27(43)18-30(31(23)24)40-14-11-28-29(20-40)37-34(45-21-26-9-6-13-39(26)3)38-32(28)41-15-16-42(33(44)22(2)35)25(19-41)10-12-36/h4-5,7-8,17-18,25-26,43H,1-2,6,9-11,13-16,19-21H2,3H3/t25-,26-/m0/s1. The van der Waals surface area contributed by atoms with Crippen molar-refractivity contribution in [1.82, 2.24) is 19.8 Å². The molecule has 3 aliphatic heterocycles. The molecule has 234 valence electrons. The lowest BCUT2D eigenvalue weighted by atomic mass is 9.98. The van der Waals surface area contributed by atoms with Crippen LogP contribution in [-0.2, 0) is 17.8 Å². The Kier molecular flexibility index (Phi) is 8.59. The second-order valence-electron chi connectivity index (χ2n) is 12.0. The van der Waals surface area contributed by atoms with Gasteiger partial charge in [-0.15, -0.1) is 0 Å². The number of nitrogens with zero attached hydrogens (tertiary/aromatic N) is 7.